The van der Waals surface area contributed by atoms with Crippen molar-refractivity contribution in [3.8, 4) is 0 Å². The minimum atomic E-state index is -0.343. The maximum atomic E-state index is 11.9. The highest BCUT2D eigenvalue weighted by atomic mass is 35.5. The third kappa shape index (κ3) is 5.09. The second kappa shape index (κ2) is 7.36. The second-order valence-corrected chi connectivity index (χ2v) is 4.90. The van der Waals surface area contributed by atoms with Gasteiger partial charge < -0.3 is 9.64 Å². The molecule has 0 spiro atoms. The van der Waals surface area contributed by atoms with Crippen LogP contribution in [0.1, 0.15) is 12.0 Å². The minimum Gasteiger partial charge on any atom is -0.469 e. The summed E-state index contributed by atoms with van der Waals surface area (Å²) in [6.07, 6.45) is 0.348. The molecule has 1 aromatic rings. The summed E-state index contributed by atoms with van der Waals surface area (Å²) in [6, 6.07) is 5.00. The van der Waals surface area contributed by atoms with Crippen molar-refractivity contribution in [2.24, 2.45) is 0 Å². The van der Waals surface area contributed by atoms with Gasteiger partial charge in [0.15, 0.2) is 0 Å². The number of carbonyl (C=O) groups excluding carboxylic acids is 2. The van der Waals surface area contributed by atoms with Gasteiger partial charge >= 0.3 is 5.97 Å². The van der Waals surface area contributed by atoms with Crippen molar-refractivity contribution in [2.45, 2.75) is 12.8 Å². The molecule has 1 rings (SSSR count). The van der Waals surface area contributed by atoms with Crippen LogP contribution in [0.4, 0.5) is 0 Å². The van der Waals surface area contributed by atoms with Crippen molar-refractivity contribution in [1.82, 2.24) is 4.90 Å². The van der Waals surface area contributed by atoms with E-state index in [2.05, 4.69) is 4.74 Å². The summed E-state index contributed by atoms with van der Waals surface area (Å²) in [5, 5.41) is 0.988. The van der Waals surface area contributed by atoms with Gasteiger partial charge in [-0.25, -0.2) is 0 Å². The molecule has 0 radical (unpaired) electrons. The number of amides is 1. The maximum absolute atomic E-state index is 11.9. The fraction of sp³-hybridized carbons (Fsp3) is 0.385. The molecule has 0 saturated heterocycles. The van der Waals surface area contributed by atoms with Gasteiger partial charge in [0.2, 0.25) is 5.91 Å². The van der Waals surface area contributed by atoms with E-state index in [-0.39, 0.29) is 24.7 Å². The number of rotatable bonds is 5. The lowest BCUT2D eigenvalue weighted by molar-refractivity contribution is -0.141. The molecule has 0 N–H and O–H groups in total. The van der Waals surface area contributed by atoms with E-state index in [0.717, 1.165) is 0 Å². The van der Waals surface area contributed by atoms with Gasteiger partial charge in [0.05, 0.1) is 20.0 Å². The molecule has 0 bridgehead atoms. The van der Waals surface area contributed by atoms with Crippen LogP contribution in [0.3, 0.4) is 0 Å². The van der Waals surface area contributed by atoms with Crippen molar-refractivity contribution >= 4 is 35.1 Å². The first-order valence-corrected chi connectivity index (χ1v) is 6.44. The van der Waals surface area contributed by atoms with Gasteiger partial charge in [-0.2, -0.15) is 0 Å². The minimum absolute atomic E-state index is 0.117. The predicted octanol–water partition coefficient (Wildman–Crippen LogP) is 2.56. The molecule has 1 aromatic carbocycles. The molecule has 1 amide bonds. The first-order valence-electron chi connectivity index (χ1n) is 5.68. The topological polar surface area (TPSA) is 46.6 Å². The van der Waals surface area contributed by atoms with Crippen LogP contribution in [-0.4, -0.2) is 37.5 Å². The van der Waals surface area contributed by atoms with Crippen LogP contribution in [0.5, 0.6) is 0 Å². The van der Waals surface area contributed by atoms with Crippen molar-refractivity contribution in [3.05, 3.63) is 33.8 Å². The molecule has 0 aliphatic carbocycles. The van der Waals surface area contributed by atoms with Gasteiger partial charge in [0.25, 0.3) is 0 Å². The quantitative estimate of drug-likeness (QED) is 0.785. The predicted molar refractivity (Wildman–Crippen MR) is 74.4 cm³/mol. The maximum Gasteiger partial charge on any atom is 0.307 e. The molecule has 104 valence electrons. The van der Waals surface area contributed by atoms with E-state index < -0.39 is 0 Å². The molecule has 6 heteroatoms. The molecular weight excluding hydrogens is 289 g/mol. The summed E-state index contributed by atoms with van der Waals surface area (Å²) >= 11 is 11.8. The summed E-state index contributed by atoms with van der Waals surface area (Å²) in [5.74, 6) is -0.461. The van der Waals surface area contributed by atoms with Crippen LogP contribution in [0.2, 0.25) is 10.0 Å². The zero-order valence-electron chi connectivity index (χ0n) is 10.8. The number of halogens is 2. The Morgan fingerprint density at radius 3 is 2.58 bits per heavy atom. The summed E-state index contributed by atoms with van der Waals surface area (Å²) < 4.78 is 4.52. The zero-order chi connectivity index (χ0) is 14.4. The summed E-state index contributed by atoms with van der Waals surface area (Å²) in [4.78, 5) is 24.4. The average molecular weight is 304 g/mol. The third-order valence-corrected chi connectivity index (χ3v) is 3.25. The van der Waals surface area contributed by atoms with Crippen molar-refractivity contribution in [3.63, 3.8) is 0 Å². The van der Waals surface area contributed by atoms with Crippen LogP contribution >= 0.6 is 23.2 Å². The number of ether oxygens (including phenoxy) is 1. The molecule has 0 heterocycles. The number of carbonyl (C=O) groups is 2. The lowest BCUT2D eigenvalue weighted by Gasteiger charge is -2.16. The van der Waals surface area contributed by atoms with Gasteiger partial charge in [-0.05, 0) is 17.7 Å². The Labute approximate surface area is 122 Å². The zero-order valence-corrected chi connectivity index (χ0v) is 12.3. The Hall–Kier alpha value is -1.26. The molecular formula is C13H15Cl2NO3. The van der Waals surface area contributed by atoms with Crippen molar-refractivity contribution < 1.29 is 14.3 Å². The van der Waals surface area contributed by atoms with E-state index in [4.69, 9.17) is 23.2 Å². The third-order valence-electron chi connectivity index (χ3n) is 2.66. The van der Waals surface area contributed by atoms with Gasteiger partial charge in [-0.3, -0.25) is 9.59 Å². The monoisotopic (exact) mass is 303 g/mol. The SMILES string of the molecule is COC(=O)CCN(C)C(=O)Cc1ccc(Cl)cc1Cl. The molecule has 0 aromatic heterocycles. The lowest BCUT2D eigenvalue weighted by atomic mass is 10.1. The Morgan fingerprint density at radius 2 is 2.00 bits per heavy atom. The highest BCUT2D eigenvalue weighted by molar-refractivity contribution is 6.35. The van der Waals surface area contributed by atoms with Gasteiger partial charge in [-0.15, -0.1) is 0 Å². The molecule has 0 aliphatic rings. The van der Waals surface area contributed by atoms with Crippen LogP contribution in [0.25, 0.3) is 0 Å². The van der Waals surface area contributed by atoms with E-state index in [1.54, 1.807) is 25.2 Å². The number of benzene rings is 1. The van der Waals surface area contributed by atoms with Gasteiger partial charge in [0, 0.05) is 23.6 Å². The van der Waals surface area contributed by atoms with E-state index in [0.29, 0.717) is 22.2 Å². The molecule has 0 aliphatic heterocycles. The van der Waals surface area contributed by atoms with Crippen LogP contribution in [-0.2, 0) is 20.7 Å². The van der Waals surface area contributed by atoms with E-state index >= 15 is 0 Å². The smallest absolute Gasteiger partial charge is 0.307 e. The van der Waals surface area contributed by atoms with Crippen molar-refractivity contribution in [1.29, 1.82) is 0 Å². The molecule has 0 saturated carbocycles. The van der Waals surface area contributed by atoms with Crippen LogP contribution in [0.15, 0.2) is 18.2 Å². The fourth-order valence-corrected chi connectivity index (χ4v) is 1.92. The van der Waals surface area contributed by atoms with Gasteiger partial charge in [-0.1, -0.05) is 29.3 Å². The first kappa shape index (κ1) is 15.8. The molecule has 0 unspecified atom stereocenters. The second-order valence-electron chi connectivity index (χ2n) is 4.05. The Kier molecular flexibility index (Phi) is 6.12. The molecule has 0 fully saturated rings. The highest BCUT2D eigenvalue weighted by Gasteiger charge is 2.13. The standard InChI is InChI=1S/C13H15Cl2NO3/c1-16(6-5-13(18)19-2)12(17)7-9-3-4-10(14)8-11(9)15/h3-4,8H,5-7H2,1-2H3. The molecule has 4 nitrogen and oxygen atoms in total. The van der Waals surface area contributed by atoms with Crippen LogP contribution < -0.4 is 0 Å². The first-order chi connectivity index (χ1) is 8.93. The molecule has 0 atom stereocenters. The van der Waals surface area contributed by atoms with Crippen LogP contribution in [0, 0.1) is 0 Å². The highest BCUT2D eigenvalue weighted by Crippen LogP contribution is 2.21. The van der Waals surface area contributed by atoms with E-state index in [1.807, 2.05) is 0 Å². The number of methoxy groups -OCH3 is 1. The molecule has 19 heavy (non-hydrogen) atoms. The van der Waals surface area contributed by atoms with E-state index in [1.165, 1.54) is 12.0 Å². The summed E-state index contributed by atoms with van der Waals surface area (Å²) in [5.41, 5.74) is 0.709. The Balaban J connectivity index is 2.56. The normalized spacial score (nSPS) is 10.1. The summed E-state index contributed by atoms with van der Waals surface area (Å²) in [6.45, 7) is 0.316. The Bertz CT molecular complexity index is 477. The fourth-order valence-electron chi connectivity index (χ4n) is 1.45. The van der Waals surface area contributed by atoms with Crippen molar-refractivity contribution in [2.75, 3.05) is 20.7 Å². The number of esters is 1. The number of nitrogens with zero attached hydrogens (tertiary/aromatic N) is 1. The van der Waals surface area contributed by atoms with E-state index in [9.17, 15) is 9.59 Å². The number of hydrogen-bond donors (Lipinski definition) is 0. The van der Waals surface area contributed by atoms with Gasteiger partial charge in [0.1, 0.15) is 0 Å². The Morgan fingerprint density at radius 1 is 1.32 bits per heavy atom. The average Bonchev–Trinajstić information content (AvgIpc) is 2.38. The number of hydrogen-bond acceptors (Lipinski definition) is 3. The lowest BCUT2D eigenvalue weighted by Crippen LogP contribution is -2.30. The number of likely N-dealkylation sites (N-methyl/N-ethyl adjacent to an activating group) is 1. The summed E-state index contributed by atoms with van der Waals surface area (Å²) in [7, 11) is 2.95. The largest absolute Gasteiger partial charge is 0.469 e.